The van der Waals surface area contributed by atoms with E-state index >= 15 is 0 Å². The third kappa shape index (κ3) is 4.90. The Balaban J connectivity index is 0.000000376. The van der Waals surface area contributed by atoms with E-state index < -0.39 is 11.9 Å². The molecule has 0 unspecified atom stereocenters. The summed E-state index contributed by atoms with van der Waals surface area (Å²) in [6.07, 6.45) is 4.44. The van der Waals surface area contributed by atoms with Crippen molar-refractivity contribution in [2.75, 3.05) is 43.2 Å². The van der Waals surface area contributed by atoms with Gasteiger partial charge >= 0.3 is 6.09 Å². The van der Waals surface area contributed by atoms with Gasteiger partial charge in [-0.15, -0.1) is 0 Å². The van der Waals surface area contributed by atoms with E-state index in [0.717, 1.165) is 23.8 Å². The van der Waals surface area contributed by atoms with Gasteiger partial charge in [-0.05, 0) is 48.8 Å². The Hall–Kier alpha value is -3.66. The monoisotopic (exact) mass is 455 g/mol. The first-order chi connectivity index (χ1) is 15.9. The van der Waals surface area contributed by atoms with Gasteiger partial charge in [0.05, 0.1) is 5.69 Å². The highest BCUT2D eigenvalue weighted by Gasteiger charge is 2.21. The predicted molar refractivity (Wildman–Crippen MR) is 124 cm³/mol. The molecule has 1 fully saturated rings. The maximum absolute atomic E-state index is 15.0. The summed E-state index contributed by atoms with van der Waals surface area (Å²) in [6.45, 7) is 3.99. The van der Waals surface area contributed by atoms with Gasteiger partial charge in [0, 0.05) is 49.2 Å². The Morgan fingerprint density at radius 3 is 2.79 bits per heavy atom. The lowest BCUT2D eigenvalue weighted by atomic mass is 9.97. The number of anilines is 3. The first-order valence-electron chi connectivity index (χ1n) is 10.6. The van der Waals surface area contributed by atoms with E-state index in [4.69, 9.17) is 20.3 Å². The van der Waals surface area contributed by atoms with Crippen LogP contribution in [0.2, 0.25) is 0 Å². The maximum Gasteiger partial charge on any atom is 0.410 e. The van der Waals surface area contributed by atoms with Gasteiger partial charge < -0.3 is 25.6 Å². The highest BCUT2D eigenvalue weighted by Crippen LogP contribution is 2.39. The molecule has 5 rings (SSSR count). The van der Waals surface area contributed by atoms with Crippen LogP contribution in [-0.4, -0.2) is 48.0 Å². The van der Waals surface area contributed by atoms with Crippen LogP contribution in [-0.2, 0) is 4.74 Å². The lowest BCUT2D eigenvalue weighted by molar-refractivity contribution is 0.186. The van der Waals surface area contributed by atoms with Crippen LogP contribution in [0.3, 0.4) is 0 Å². The van der Waals surface area contributed by atoms with Crippen LogP contribution in [0.5, 0.6) is 5.88 Å². The molecule has 10 heteroatoms. The molecular formula is C23H26FN5O4. The van der Waals surface area contributed by atoms with Gasteiger partial charge in [0.15, 0.2) is 5.82 Å². The molecule has 0 bridgehead atoms. The van der Waals surface area contributed by atoms with Crippen molar-refractivity contribution in [3.05, 3.63) is 35.9 Å². The zero-order valence-corrected chi connectivity index (χ0v) is 18.4. The minimum Gasteiger partial charge on any atom is -0.474 e. The van der Waals surface area contributed by atoms with E-state index in [1.165, 1.54) is 25.1 Å². The standard InChI is InChI=1S/C18H16FN5O3.C5H10O/c1-8-11(6-23-17-16(8)21-2-3-27-17)10-4-9-5-13(24-18(25)26)22-7-12(9)15(20)14(10)19;1-6-4-5-2-3-5/h4-7,21H,2-3,20H2,1H3,(H,22,24)(H,25,26);5H,2-4H2,1H3. The molecule has 1 aromatic carbocycles. The van der Waals surface area contributed by atoms with Crippen molar-refractivity contribution in [1.29, 1.82) is 0 Å². The Labute approximate surface area is 190 Å². The second kappa shape index (κ2) is 9.45. The molecule has 9 nitrogen and oxygen atoms in total. The van der Waals surface area contributed by atoms with Gasteiger partial charge in [-0.25, -0.2) is 19.2 Å². The number of benzene rings is 1. The fourth-order valence-electron chi connectivity index (χ4n) is 3.68. The average molecular weight is 455 g/mol. The molecule has 0 radical (unpaired) electrons. The maximum atomic E-state index is 15.0. The van der Waals surface area contributed by atoms with Crippen LogP contribution in [0.4, 0.5) is 26.4 Å². The van der Waals surface area contributed by atoms with Crippen LogP contribution < -0.4 is 21.1 Å². The molecule has 2 aliphatic rings. The Bertz CT molecular complexity index is 1200. The summed E-state index contributed by atoms with van der Waals surface area (Å²) < 4.78 is 25.4. The molecule has 1 saturated carbocycles. The topological polar surface area (TPSA) is 132 Å². The summed E-state index contributed by atoms with van der Waals surface area (Å²) in [5.41, 5.74) is 8.28. The SMILES string of the molecule is COCC1CC1.Cc1c(-c2cc3cc(NC(=O)O)ncc3c(N)c2F)cnc2c1NCCO2. The van der Waals surface area contributed by atoms with Crippen LogP contribution in [0.25, 0.3) is 21.9 Å². The Kier molecular flexibility index (Phi) is 6.45. The minimum absolute atomic E-state index is 0.0572. The largest absolute Gasteiger partial charge is 0.474 e. The molecule has 0 saturated heterocycles. The third-order valence-corrected chi connectivity index (χ3v) is 5.57. The summed E-state index contributed by atoms with van der Waals surface area (Å²) in [6, 6.07) is 3.11. The van der Waals surface area contributed by atoms with Gasteiger partial charge in [-0.2, -0.15) is 0 Å². The molecule has 0 atom stereocenters. The molecule has 1 aliphatic heterocycles. The van der Waals surface area contributed by atoms with E-state index in [1.807, 2.05) is 6.92 Å². The molecule has 2 aromatic heterocycles. The summed E-state index contributed by atoms with van der Waals surface area (Å²) in [5, 5.41) is 15.2. The first kappa shape index (κ1) is 22.5. The molecule has 0 spiro atoms. The number of carbonyl (C=O) groups is 1. The molecular weight excluding hydrogens is 429 g/mol. The van der Waals surface area contributed by atoms with Crippen LogP contribution in [0.15, 0.2) is 24.5 Å². The van der Waals surface area contributed by atoms with Crippen molar-refractivity contribution >= 4 is 34.1 Å². The highest BCUT2D eigenvalue weighted by atomic mass is 19.1. The zero-order valence-electron chi connectivity index (χ0n) is 18.4. The number of pyridine rings is 2. The number of hydrogen-bond donors (Lipinski definition) is 4. The number of nitrogens with two attached hydrogens (primary N) is 1. The van der Waals surface area contributed by atoms with E-state index in [-0.39, 0.29) is 17.1 Å². The predicted octanol–water partition coefficient (Wildman–Crippen LogP) is 4.26. The molecule has 5 N–H and O–H groups in total. The van der Waals surface area contributed by atoms with Gasteiger partial charge in [-0.3, -0.25) is 5.32 Å². The number of hydrogen-bond acceptors (Lipinski definition) is 7. The zero-order chi connectivity index (χ0) is 23.5. The third-order valence-electron chi connectivity index (χ3n) is 5.57. The summed E-state index contributed by atoms with van der Waals surface area (Å²) in [5.74, 6) is 0.955. The molecule has 1 aliphatic carbocycles. The van der Waals surface area contributed by atoms with E-state index in [9.17, 15) is 9.18 Å². The molecule has 3 aromatic rings. The number of carboxylic acid groups (broad SMARTS) is 1. The van der Waals surface area contributed by atoms with Crippen LogP contribution in [0, 0.1) is 18.7 Å². The van der Waals surface area contributed by atoms with Crippen molar-refractivity contribution < 1.29 is 23.8 Å². The molecule has 33 heavy (non-hydrogen) atoms. The Morgan fingerprint density at radius 1 is 1.33 bits per heavy atom. The van der Waals surface area contributed by atoms with Crippen LogP contribution >= 0.6 is 0 Å². The number of halogens is 1. The number of amides is 1. The lowest BCUT2D eigenvalue weighted by Gasteiger charge is -2.22. The fourth-order valence-corrected chi connectivity index (χ4v) is 3.68. The van der Waals surface area contributed by atoms with Crippen LogP contribution in [0.1, 0.15) is 18.4 Å². The van der Waals surface area contributed by atoms with Crippen molar-refractivity contribution in [3.63, 3.8) is 0 Å². The number of methoxy groups -OCH3 is 1. The second-order valence-corrected chi connectivity index (χ2v) is 8.02. The number of nitrogens with one attached hydrogen (secondary N) is 2. The van der Waals surface area contributed by atoms with Gasteiger partial charge in [0.2, 0.25) is 5.88 Å². The van der Waals surface area contributed by atoms with E-state index in [0.29, 0.717) is 35.4 Å². The van der Waals surface area contributed by atoms with Crippen molar-refractivity contribution in [2.45, 2.75) is 19.8 Å². The smallest absolute Gasteiger partial charge is 0.410 e. The minimum atomic E-state index is -1.24. The summed E-state index contributed by atoms with van der Waals surface area (Å²) in [4.78, 5) is 19.1. The quantitative estimate of drug-likeness (QED) is 0.429. The number of nitrogens with zero attached hydrogens (tertiary/aromatic N) is 2. The molecule has 3 heterocycles. The van der Waals surface area contributed by atoms with E-state index in [1.54, 1.807) is 19.4 Å². The van der Waals surface area contributed by atoms with Gasteiger partial charge in [0.25, 0.3) is 0 Å². The lowest BCUT2D eigenvalue weighted by Crippen LogP contribution is -2.20. The highest BCUT2D eigenvalue weighted by molar-refractivity contribution is 5.99. The average Bonchev–Trinajstić information content (AvgIpc) is 3.61. The van der Waals surface area contributed by atoms with Crippen molar-refractivity contribution in [1.82, 2.24) is 9.97 Å². The van der Waals surface area contributed by atoms with Gasteiger partial charge in [-0.1, -0.05) is 0 Å². The first-order valence-corrected chi connectivity index (χ1v) is 10.6. The Morgan fingerprint density at radius 2 is 2.12 bits per heavy atom. The molecule has 174 valence electrons. The van der Waals surface area contributed by atoms with Crippen molar-refractivity contribution in [3.8, 4) is 17.0 Å². The van der Waals surface area contributed by atoms with Crippen molar-refractivity contribution in [2.24, 2.45) is 5.92 Å². The fraction of sp³-hybridized carbons (Fsp3) is 0.348. The number of ether oxygens (including phenoxy) is 2. The summed E-state index contributed by atoms with van der Waals surface area (Å²) in [7, 11) is 1.76. The number of nitrogen functional groups attached to an aromatic ring is 1. The van der Waals surface area contributed by atoms with Gasteiger partial charge in [0.1, 0.15) is 18.1 Å². The molecule has 1 amide bonds. The normalized spacial score (nSPS) is 14.4. The summed E-state index contributed by atoms with van der Waals surface area (Å²) >= 11 is 0. The van der Waals surface area contributed by atoms with E-state index in [2.05, 4.69) is 20.6 Å². The second-order valence-electron chi connectivity index (χ2n) is 8.02. The number of aromatic nitrogens is 2. The number of rotatable bonds is 4. The number of fused-ring (bicyclic) bond motifs is 2.